The Morgan fingerprint density at radius 1 is 1.70 bits per heavy atom. The molecule has 0 aromatic carbocycles. The monoisotopic (exact) mass is 163 g/mol. The molecule has 0 heterocycles. The van der Waals surface area contributed by atoms with Gasteiger partial charge in [-0.15, -0.1) is 0 Å². The van der Waals surface area contributed by atoms with Gasteiger partial charge in [-0.1, -0.05) is 4.57 Å². The first kappa shape index (κ1) is 9.27. The van der Waals surface area contributed by atoms with Crippen LogP contribution in [0, 0.1) is 0 Å². The van der Waals surface area contributed by atoms with Crippen molar-refractivity contribution >= 4 is 13.8 Å². The van der Waals surface area contributed by atoms with E-state index < -0.39 is 20.1 Å². The summed E-state index contributed by atoms with van der Waals surface area (Å²) in [6.45, 7) is 1.46. The van der Waals surface area contributed by atoms with Gasteiger partial charge in [-0.05, 0) is 13.0 Å². The van der Waals surface area contributed by atoms with Crippen molar-refractivity contribution < 1.29 is 19.6 Å². The predicted molar refractivity (Wildman–Crippen MR) is 36.1 cm³/mol. The zero-order valence-electron chi connectivity index (χ0n) is 5.44. The van der Waals surface area contributed by atoms with Gasteiger partial charge in [0.05, 0.1) is 0 Å². The molecule has 56 valence electrons. The third-order valence-electron chi connectivity index (χ3n) is 0.890. The molecule has 0 amide bonds. The number of carboxylic acid groups (broad SMARTS) is 1. The lowest BCUT2D eigenvalue weighted by molar-refractivity contribution is -0.131. The third-order valence-corrected chi connectivity index (χ3v) is 2.13. The van der Waals surface area contributed by atoms with Crippen LogP contribution in [-0.2, 0) is 9.36 Å². The summed E-state index contributed by atoms with van der Waals surface area (Å²) in [6.07, 6.45) is 0.610. The molecule has 0 aliphatic heterocycles. The summed E-state index contributed by atoms with van der Waals surface area (Å²) in [5.41, 5.74) is 0. The highest BCUT2D eigenvalue weighted by molar-refractivity contribution is 7.50. The minimum atomic E-state index is -2.11. The van der Waals surface area contributed by atoms with E-state index in [2.05, 4.69) is 0 Å². The molecule has 0 aliphatic rings. The van der Waals surface area contributed by atoms with E-state index in [0.717, 1.165) is 0 Å². The number of hydrogen-bond donors (Lipinski definition) is 2. The van der Waals surface area contributed by atoms with Crippen LogP contribution in [0.4, 0.5) is 0 Å². The Hall–Kier alpha value is -0.730. The first-order valence-corrected chi connectivity index (χ1v) is 4.03. The number of rotatable bonds is 3. The van der Waals surface area contributed by atoms with E-state index in [1.807, 2.05) is 0 Å². The van der Waals surface area contributed by atoms with E-state index in [1.165, 1.54) is 13.0 Å². The number of carbonyl (C=O) groups is 1. The molecule has 0 saturated heterocycles. The molecule has 0 saturated carbocycles. The van der Waals surface area contributed by atoms with Crippen molar-refractivity contribution in [3.05, 3.63) is 11.4 Å². The lowest BCUT2D eigenvalue weighted by atomic mass is 10.5. The van der Waals surface area contributed by atoms with Gasteiger partial charge in [-0.3, -0.25) is 0 Å². The largest absolute Gasteiger partial charge is 0.475 e. The Balaban J connectivity index is 4.39. The van der Waals surface area contributed by atoms with Gasteiger partial charge in [0.25, 0.3) is 5.31 Å². The molecule has 5 heteroatoms. The average Bonchev–Trinajstić information content (AvgIpc) is 1.88. The van der Waals surface area contributed by atoms with Crippen molar-refractivity contribution in [3.8, 4) is 0 Å². The summed E-state index contributed by atoms with van der Waals surface area (Å²) < 4.78 is 10.6. The van der Waals surface area contributed by atoms with Crippen LogP contribution >= 0.6 is 7.80 Å². The zero-order chi connectivity index (χ0) is 8.15. The van der Waals surface area contributed by atoms with Gasteiger partial charge < -0.3 is 10.2 Å². The van der Waals surface area contributed by atoms with Crippen molar-refractivity contribution in [1.29, 1.82) is 0 Å². The normalized spacial score (nSPS) is 13.0. The number of aliphatic carboxylic acids is 1. The van der Waals surface area contributed by atoms with Crippen LogP contribution in [0.2, 0.25) is 0 Å². The fourth-order valence-electron chi connectivity index (χ4n) is 0.450. The summed E-state index contributed by atoms with van der Waals surface area (Å²) in [7, 11) is -2.11. The molecule has 10 heavy (non-hydrogen) atoms. The van der Waals surface area contributed by atoms with Crippen LogP contribution < -0.4 is 0 Å². The Bertz CT molecular complexity index is 184. The molecular formula is C5H8O4P+. The Kier molecular flexibility index (Phi) is 3.84. The van der Waals surface area contributed by atoms with Crippen LogP contribution in [0.3, 0.4) is 0 Å². The fourth-order valence-corrected chi connectivity index (χ4v) is 1.10. The van der Waals surface area contributed by atoms with Gasteiger partial charge in [0.1, 0.15) is 0 Å². The van der Waals surface area contributed by atoms with E-state index >= 15 is 0 Å². The maximum absolute atomic E-state index is 10.6. The minimum Gasteiger partial charge on any atom is -0.475 e. The minimum absolute atomic E-state index is 0.225. The Labute approximate surface area is 59.0 Å². The van der Waals surface area contributed by atoms with Gasteiger partial charge in [0, 0.05) is 0 Å². The average molecular weight is 163 g/mol. The summed E-state index contributed by atoms with van der Waals surface area (Å²) in [5.74, 6) is -1.24. The molecule has 0 aromatic rings. The van der Waals surface area contributed by atoms with Crippen LogP contribution in [0.1, 0.15) is 6.92 Å². The predicted octanol–water partition coefficient (Wildman–Crippen LogP) is 0.752. The smallest absolute Gasteiger partial charge is 0.412 e. The van der Waals surface area contributed by atoms with E-state index in [4.69, 9.17) is 10.2 Å². The fraction of sp³-hybridized carbons (Fsp3) is 0.400. The highest BCUT2D eigenvalue weighted by atomic mass is 31.1. The second-order valence-corrected chi connectivity index (χ2v) is 3.02. The van der Waals surface area contributed by atoms with Gasteiger partial charge in [-0.25, -0.2) is 4.79 Å². The summed E-state index contributed by atoms with van der Waals surface area (Å²) in [4.78, 5) is 10.2. The number of aliphatic hydroxyl groups excluding tert-OH is 1. The molecule has 1 unspecified atom stereocenters. The molecule has 0 aliphatic carbocycles. The van der Waals surface area contributed by atoms with Crippen molar-refractivity contribution in [1.82, 2.24) is 0 Å². The lowest BCUT2D eigenvalue weighted by Gasteiger charge is -1.82. The quantitative estimate of drug-likeness (QED) is 0.475. The number of aliphatic hydroxyl groups is 1. The molecule has 0 fully saturated rings. The third kappa shape index (κ3) is 2.25. The van der Waals surface area contributed by atoms with Crippen molar-refractivity contribution in [2.45, 2.75) is 6.92 Å². The van der Waals surface area contributed by atoms with Crippen LogP contribution in [0.25, 0.3) is 0 Å². The van der Waals surface area contributed by atoms with Crippen LogP contribution in [0.15, 0.2) is 11.4 Å². The van der Waals surface area contributed by atoms with Gasteiger partial charge in [0.15, 0.2) is 0 Å². The molecule has 0 bridgehead atoms. The summed E-state index contributed by atoms with van der Waals surface area (Å²) >= 11 is 0. The van der Waals surface area contributed by atoms with Crippen molar-refractivity contribution in [3.63, 3.8) is 0 Å². The van der Waals surface area contributed by atoms with Crippen molar-refractivity contribution in [2.24, 2.45) is 0 Å². The SMILES string of the molecule is CC=C(C(=O)O)[P+](=O)CO. The lowest BCUT2D eigenvalue weighted by Crippen LogP contribution is -1.96. The van der Waals surface area contributed by atoms with Gasteiger partial charge >= 0.3 is 13.8 Å². The molecule has 0 rings (SSSR count). The zero-order valence-corrected chi connectivity index (χ0v) is 6.34. The summed E-state index contributed by atoms with van der Waals surface area (Å²) in [5, 5.41) is 16.4. The first-order valence-electron chi connectivity index (χ1n) is 2.58. The van der Waals surface area contributed by atoms with Crippen LogP contribution in [0.5, 0.6) is 0 Å². The number of carboxylic acids is 1. The Morgan fingerprint density at radius 2 is 2.20 bits per heavy atom. The maximum atomic E-state index is 10.6. The van der Waals surface area contributed by atoms with E-state index in [9.17, 15) is 9.36 Å². The van der Waals surface area contributed by atoms with Crippen LogP contribution in [-0.4, -0.2) is 22.5 Å². The van der Waals surface area contributed by atoms with E-state index in [-0.39, 0.29) is 5.31 Å². The number of hydrogen-bond acceptors (Lipinski definition) is 3. The molecular weight excluding hydrogens is 155 g/mol. The first-order chi connectivity index (χ1) is 4.63. The van der Waals surface area contributed by atoms with Crippen molar-refractivity contribution in [2.75, 3.05) is 6.35 Å². The molecule has 0 radical (unpaired) electrons. The number of allylic oxidation sites excluding steroid dienone is 1. The van der Waals surface area contributed by atoms with Gasteiger partial charge in [0.2, 0.25) is 6.35 Å². The highest BCUT2D eigenvalue weighted by Crippen LogP contribution is 2.30. The molecule has 1 atom stereocenters. The molecule has 0 spiro atoms. The second-order valence-electron chi connectivity index (χ2n) is 1.50. The second kappa shape index (κ2) is 4.14. The van der Waals surface area contributed by atoms with E-state index in [0.29, 0.717) is 0 Å². The van der Waals surface area contributed by atoms with Gasteiger partial charge in [-0.2, -0.15) is 0 Å². The topological polar surface area (TPSA) is 74.6 Å². The molecule has 2 N–H and O–H groups in total. The molecule has 0 aromatic heterocycles. The summed E-state index contributed by atoms with van der Waals surface area (Å²) in [6, 6.07) is 0. The molecule has 4 nitrogen and oxygen atoms in total. The van der Waals surface area contributed by atoms with E-state index in [1.54, 1.807) is 0 Å². The Morgan fingerprint density at radius 3 is 2.30 bits per heavy atom. The highest BCUT2D eigenvalue weighted by Gasteiger charge is 2.27. The standard InChI is InChI=1S/C5H7O4P/c1-2-4(5(7)8)10(9)3-6/h2,6H,3H2,1H3/p+1. The maximum Gasteiger partial charge on any atom is 0.412 e.